The van der Waals surface area contributed by atoms with E-state index in [1.165, 1.54) is 25.7 Å². The summed E-state index contributed by atoms with van der Waals surface area (Å²) < 4.78 is 12.5. The average molecular weight is 375 g/mol. The fourth-order valence-corrected chi connectivity index (χ4v) is 4.88. The highest BCUT2D eigenvalue weighted by Gasteiger charge is 2.27. The fourth-order valence-electron chi connectivity index (χ4n) is 4.02. The van der Waals surface area contributed by atoms with E-state index in [1.807, 2.05) is 23.1 Å². The van der Waals surface area contributed by atoms with Crippen molar-refractivity contribution in [3.05, 3.63) is 18.2 Å². The predicted octanol–water partition coefficient (Wildman–Crippen LogP) is 4.26. The quantitative estimate of drug-likeness (QED) is 0.785. The van der Waals surface area contributed by atoms with Crippen LogP contribution in [-0.2, 0) is 4.79 Å². The van der Waals surface area contributed by atoms with Crippen molar-refractivity contribution >= 4 is 27.5 Å². The maximum absolute atomic E-state index is 12.5. The number of hydrogen-bond donors (Lipinski definition) is 0. The highest BCUT2D eigenvalue weighted by atomic mass is 32.1. The van der Waals surface area contributed by atoms with Crippen LogP contribution in [-0.4, -0.2) is 42.1 Å². The Hall–Kier alpha value is -1.82. The summed E-state index contributed by atoms with van der Waals surface area (Å²) in [5.41, 5.74) is 0.911. The molecule has 2 heterocycles. The molecule has 0 N–H and O–H groups in total. The summed E-state index contributed by atoms with van der Waals surface area (Å²) in [4.78, 5) is 19.1. The minimum atomic E-state index is 0.146. The Labute approximate surface area is 158 Å². The van der Waals surface area contributed by atoms with Gasteiger partial charge in [0.05, 0.1) is 17.3 Å². The van der Waals surface area contributed by atoms with Crippen molar-refractivity contribution in [2.45, 2.75) is 51.0 Å². The smallest absolute Gasteiger partial charge is 0.274 e. The van der Waals surface area contributed by atoms with Gasteiger partial charge in [0.25, 0.3) is 5.19 Å². The standard InChI is InChI=1S/C20H26N2O3S/c1-24-16-6-7-18-17(13-16)21-20(26-18)25-15-8-10-22(11-9-15)19(23)12-14-4-2-3-5-14/h6-7,13-15H,2-5,8-12H2,1H3. The van der Waals surface area contributed by atoms with Crippen LogP contribution in [0.2, 0.25) is 0 Å². The number of fused-ring (bicyclic) bond motifs is 1. The van der Waals surface area contributed by atoms with Crippen LogP contribution >= 0.6 is 11.3 Å². The van der Waals surface area contributed by atoms with Crippen molar-refractivity contribution in [2.75, 3.05) is 20.2 Å². The van der Waals surface area contributed by atoms with Crippen molar-refractivity contribution in [2.24, 2.45) is 5.92 Å². The summed E-state index contributed by atoms with van der Waals surface area (Å²) in [5.74, 6) is 1.77. The molecule has 26 heavy (non-hydrogen) atoms. The Morgan fingerprint density at radius 3 is 2.73 bits per heavy atom. The van der Waals surface area contributed by atoms with Gasteiger partial charge in [-0.3, -0.25) is 4.79 Å². The number of aromatic nitrogens is 1. The molecule has 0 spiro atoms. The van der Waals surface area contributed by atoms with Crippen LogP contribution in [0.4, 0.5) is 0 Å². The van der Waals surface area contributed by atoms with Crippen LogP contribution in [0.1, 0.15) is 44.9 Å². The van der Waals surface area contributed by atoms with E-state index in [-0.39, 0.29) is 6.10 Å². The molecule has 1 saturated heterocycles. The van der Waals surface area contributed by atoms with Gasteiger partial charge in [0.2, 0.25) is 5.91 Å². The minimum absolute atomic E-state index is 0.146. The zero-order chi connectivity index (χ0) is 17.9. The molecule has 1 aromatic heterocycles. The summed E-state index contributed by atoms with van der Waals surface area (Å²) in [6, 6.07) is 5.89. The van der Waals surface area contributed by atoms with E-state index in [2.05, 4.69) is 4.98 Å². The third-order valence-corrected chi connectivity index (χ3v) is 6.50. The van der Waals surface area contributed by atoms with E-state index >= 15 is 0 Å². The largest absolute Gasteiger partial charge is 0.497 e. The molecule has 1 aromatic carbocycles. The SMILES string of the molecule is COc1ccc2sc(OC3CCN(C(=O)CC4CCCC4)CC3)nc2c1. The van der Waals surface area contributed by atoms with Crippen LogP contribution in [0.25, 0.3) is 10.2 Å². The zero-order valence-electron chi connectivity index (χ0n) is 15.3. The number of ether oxygens (including phenoxy) is 2. The number of carbonyl (C=O) groups is 1. The third kappa shape index (κ3) is 3.95. The van der Waals surface area contributed by atoms with E-state index in [0.29, 0.717) is 17.0 Å². The van der Waals surface area contributed by atoms with Gasteiger partial charge >= 0.3 is 0 Å². The van der Waals surface area contributed by atoms with Crippen molar-refractivity contribution in [3.63, 3.8) is 0 Å². The van der Waals surface area contributed by atoms with Gasteiger partial charge in [-0.2, -0.15) is 0 Å². The Morgan fingerprint density at radius 2 is 2.00 bits per heavy atom. The number of amides is 1. The molecular weight excluding hydrogens is 348 g/mol. The predicted molar refractivity (Wildman–Crippen MR) is 103 cm³/mol. The number of rotatable bonds is 5. The molecule has 2 fully saturated rings. The van der Waals surface area contributed by atoms with Crippen LogP contribution in [0.3, 0.4) is 0 Å². The van der Waals surface area contributed by atoms with Gasteiger partial charge in [-0.15, -0.1) is 0 Å². The van der Waals surface area contributed by atoms with Gasteiger partial charge in [-0.25, -0.2) is 4.98 Å². The molecule has 1 saturated carbocycles. The molecule has 1 aliphatic heterocycles. The number of carbonyl (C=O) groups excluding carboxylic acids is 1. The maximum atomic E-state index is 12.5. The lowest BCUT2D eigenvalue weighted by Gasteiger charge is -2.32. The Morgan fingerprint density at radius 1 is 1.23 bits per heavy atom. The molecule has 5 nitrogen and oxygen atoms in total. The van der Waals surface area contributed by atoms with E-state index in [4.69, 9.17) is 9.47 Å². The number of likely N-dealkylation sites (tertiary alicyclic amines) is 1. The molecule has 140 valence electrons. The molecule has 0 atom stereocenters. The van der Waals surface area contributed by atoms with Crippen LogP contribution in [0, 0.1) is 5.92 Å². The molecule has 1 amide bonds. The van der Waals surface area contributed by atoms with Crippen molar-refractivity contribution in [1.82, 2.24) is 9.88 Å². The van der Waals surface area contributed by atoms with E-state index in [1.54, 1.807) is 18.4 Å². The Balaban J connectivity index is 1.30. The molecule has 1 aliphatic carbocycles. The van der Waals surface area contributed by atoms with E-state index < -0.39 is 0 Å². The number of benzene rings is 1. The Bertz CT molecular complexity index is 762. The normalized spacial score (nSPS) is 19.2. The van der Waals surface area contributed by atoms with Gasteiger partial charge in [-0.1, -0.05) is 24.2 Å². The van der Waals surface area contributed by atoms with Crippen molar-refractivity contribution < 1.29 is 14.3 Å². The number of hydrogen-bond acceptors (Lipinski definition) is 5. The van der Waals surface area contributed by atoms with E-state index in [9.17, 15) is 4.79 Å². The molecule has 2 aliphatic rings. The minimum Gasteiger partial charge on any atom is -0.497 e. The van der Waals surface area contributed by atoms with Crippen LogP contribution in [0.5, 0.6) is 10.9 Å². The highest BCUT2D eigenvalue weighted by Crippen LogP contribution is 2.32. The first kappa shape index (κ1) is 17.6. The first-order valence-electron chi connectivity index (χ1n) is 9.60. The van der Waals surface area contributed by atoms with Crippen LogP contribution < -0.4 is 9.47 Å². The van der Waals surface area contributed by atoms with Gasteiger partial charge in [-0.05, 0) is 30.9 Å². The van der Waals surface area contributed by atoms with Gasteiger partial charge < -0.3 is 14.4 Å². The second kappa shape index (κ2) is 7.82. The monoisotopic (exact) mass is 374 g/mol. The molecule has 4 rings (SSSR count). The average Bonchev–Trinajstić information content (AvgIpc) is 3.30. The lowest BCUT2D eigenvalue weighted by molar-refractivity contribution is -0.133. The maximum Gasteiger partial charge on any atom is 0.274 e. The number of piperidine rings is 1. The van der Waals surface area contributed by atoms with Crippen LogP contribution in [0.15, 0.2) is 18.2 Å². The second-order valence-electron chi connectivity index (χ2n) is 7.37. The second-order valence-corrected chi connectivity index (χ2v) is 8.36. The van der Waals surface area contributed by atoms with E-state index in [0.717, 1.165) is 48.3 Å². The third-order valence-electron chi connectivity index (χ3n) is 5.58. The summed E-state index contributed by atoms with van der Waals surface area (Å²) in [5, 5.41) is 0.712. The lowest BCUT2D eigenvalue weighted by atomic mass is 10.0. The fraction of sp³-hybridized carbons (Fsp3) is 0.600. The first-order valence-corrected chi connectivity index (χ1v) is 10.4. The first-order chi connectivity index (χ1) is 12.7. The molecule has 2 aromatic rings. The lowest BCUT2D eigenvalue weighted by Crippen LogP contribution is -2.42. The number of methoxy groups -OCH3 is 1. The van der Waals surface area contributed by atoms with Gasteiger partial charge in [0, 0.05) is 38.4 Å². The number of thiazole rings is 1. The molecule has 0 radical (unpaired) electrons. The van der Waals surface area contributed by atoms with Crippen molar-refractivity contribution in [3.8, 4) is 10.9 Å². The topological polar surface area (TPSA) is 51.7 Å². The molecule has 6 heteroatoms. The summed E-state index contributed by atoms with van der Waals surface area (Å²) in [7, 11) is 1.66. The summed E-state index contributed by atoms with van der Waals surface area (Å²) in [6.45, 7) is 1.60. The molecule has 0 bridgehead atoms. The van der Waals surface area contributed by atoms with Gasteiger partial charge in [0.1, 0.15) is 11.9 Å². The summed E-state index contributed by atoms with van der Waals surface area (Å²) >= 11 is 1.57. The van der Waals surface area contributed by atoms with Gasteiger partial charge in [0.15, 0.2) is 0 Å². The molecular formula is C20H26N2O3S. The zero-order valence-corrected chi connectivity index (χ0v) is 16.1. The molecule has 0 unspecified atom stereocenters. The van der Waals surface area contributed by atoms with Crippen molar-refractivity contribution in [1.29, 1.82) is 0 Å². The summed E-state index contributed by atoms with van der Waals surface area (Å²) in [6.07, 6.45) is 7.70. The number of nitrogens with zero attached hydrogens (tertiary/aromatic N) is 2. The highest BCUT2D eigenvalue weighted by molar-refractivity contribution is 7.20. The Kier molecular flexibility index (Phi) is 5.29.